The van der Waals surface area contributed by atoms with Gasteiger partial charge in [-0.2, -0.15) is 0 Å². The maximum Gasteiger partial charge on any atom is 0.124 e. The van der Waals surface area contributed by atoms with Crippen LogP contribution >= 0.6 is 0 Å². The molecule has 0 fully saturated rings. The first-order valence-corrected chi connectivity index (χ1v) is 6.97. The highest BCUT2D eigenvalue weighted by Gasteiger charge is 2.27. The van der Waals surface area contributed by atoms with Crippen LogP contribution in [-0.4, -0.2) is 11.2 Å². The van der Waals surface area contributed by atoms with Gasteiger partial charge in [0, 0.05) is 5.56 Å². The van der Waals surface area contributed by atoms with Gasteiger partial charge in [0.1, 0.15) is 5.75 Å². The molecule has 0 saturated heterocycles. The van der Waals surface area contributed by atoms with Crippen LogP contribution in [0.25, 0.3) is 0 Å². The Morgan fingerprint density at radius 3 is 2.72 bits per heavy atom. The first kappa shape index (κ1) is 13.4. The highest BCUT2D eigenvalue weighted by Crippen LogP contribution is 2.35. The Morgan fingerprint density at radius 1 is 1.33 bits per heavy atom. The van der Waals surface area contributed by atoms with E-state index in [2.05, 4.69) is 26.8 Å². The molecule has 0 spiro atoms. The molecule has 1 aliphatic heterocycles. The fourth-order valence-corrected chi connectivity index (χ4v) is 3.00. The summed E-state index contributed by atoms with van der Waals surface area (Å²) in [6.45, 7) is 9.13. The van der Waals surface area contributed by atoms with Gasteiger partial charge < -0.3 is 9.84 Å². The zero-order valence-electron chi connectivity index (χ0n) is 11.9. The van der Waals surface area contributed by atoms with Crippen LogP contribution in [0, 0.1) is 19.8 Å². The molecule has 1 aliphatic rings. The predicted molar refractivity (Wildman–Crippen MR) is 73.9 cm³/mol. The van der Waals surface area contributed by atoms with Crippen molar-refractivity contribution in [2.75, 3.05) is 0 Å². The van der Waals surface area contributed by atoms with E-state index >= 15 is 0 Å². The fraction of sp³-hybridized carbons (Fsp3) is 0.625. The van der Waals surface area contributed by atoms with Gasteiger partial charge in [0.15, 0.2) is 0 Å². The standard InChI is InChI=1S/C16H24O2/c1-5-6-10(2)15-8-13-11(3)7-12(4)16(17)14(13)9-18-15/h7,10,15,17H,5-6,8-9H2,1-4H3. The molecule has 2 atom stereocenters. The summed E-state index contributed by atoms with van der Waals surface area (Å²) in [5.41, 5.74) is 4.55. The lowest BCUT2D eigenvalue weighted by atomic mass is 9.86. The van der Waals surface area contributed by atoms with Crippen LogP contribution in [0.4, 0.5) is 0 Å². The number of phenols is 1. The van der Waals surface area contributed by atoms with Crippen molar-refractivity contribution in [2.45, 2.75) is 59.7 Å². The molecule has 1 heterocycles. The van der Waals surface area contributed by atoms with E-state index in [0.29, 0.717) is 24.4 Å². The summed E-state index contributed by atoms with van der Waals surface area (Å²) in [6.07, 6.45) is 3.65. The van der Waals surface area contributed by atoms with Gasteiger partial charge in [-0.1, -0.05) is 26.3 Å². The zero-order valence-corrected chi connectivity index (χ0v) is 11.9. The normalized spacial score (nSPS) is 20.6. The Labute approximate surface area is 110 Å². The molecule has 1 aromatic rings. The monoisotopic (exact) mass is 248 g/mol. The molecule has 2 rings (SSSR count). The quantitative estimate of drug-likeness (QED) is 0.879. The average Bonchev–Trinajstić information content (AvgIpc) is 2.36. The van der Waals surface area contributed by atoms with E-state index in [9.17, 15) is 5.11 Å². The van der Waals surface area contributed by atoms with Gasteiger partial charge in [-0.25, -0.2) is 0 Å². The van der Waals surface area contributed by atoms with Crippen molar-refractivity contribution in [1.29, 1.82) is 0 Å². The highest BCUT2D eigenvalue weighted by atomic mass is 16.5. The van der Waals surface area contributed by atoms with Gasteiger partial charge in [0.2, 0.25) is 0 Å². The minimum absolute atomic E-state index is 0.304. The van der Waals surface area contributed by atoms with Crippen molar-refractivity contribution in [1.82, 2.24) is 0 Å². The minimum Gasteiger partial charge on any atom is -0.507 e. The largest absolute Gasteiger partial charge is 0.507 e. The van der Waals surface area contributed by atoms with E-state index < -0.39 is 0 Å². The Bertz CT molecular complexity index is 437. The molecule has 1 N–H and O–H groups in total. The van der Waals surface area contributed by atoms with E-state index in [-0.39, 0.29) is 0 Å². The topological polar surface area (TPSA) is 29.5 Å². The summed E-state index contributed by atoms with van der Waals surface area (Å²) >= 11 is 0. The van der Waals surface area contributed by atoms with Crippen LogP contribution in [0.3, 0.4) is 0 Å². The highest BCUT2D eigenvalue weighted by molar-refractivity contribution is 5.49. The summed E-state index contributed by atoms with van der Waals surface area (Å²) < 4.78 is 5.95. The second-order valence-electron chi connectivity index (χ2n) is 5.64. The van der Waals surface area contributed by atoms with E-state index in [1.165, 1.54) is 24.0 Å². The van der Waals surface area contributed by atoms with Gasteiger partial charge in [0.05, 0.1) is 12.7 Å². The molecule has 2 unspecified atom stereocenters. The zero-order chi connectivity index (χ0) is 13.3. The van der Waals surface area contributed by atoms with Gasteiger partial charge >= 0.3 is 0 Å². The molecule has 18 heavy (non-hydrogen) atoms. The number of fused-ring (bicyclic) bond motifs is 1. The minimum atomic E-state index is 0.304. The van der Waals surface area contributed by atoms with E-state index in [1.807, 2.05) is 6.92 Å². The molecular formula is C16H24O2. The molecule has 0 bridgehead atoms. The number of benzene rings is 1. The number of rotatable bonds is 3. The molecule has 0 aromatic heterocycles. The third-order valence-electron chi connectivity index (χ3n) is 4.16. The summed E-state index contributed by atoms with van der Waals surface area (Å²) in [6, 6.07) is 2.08. The number of ether oxygens (including phenoxy) is 1. The number of aryl methyl sites for hydroxylation is 2. The van der Waals surface area contributed by atoms with E-state index in [1.54, 1.807) is 0 Å². The van der Waals surface area contributed by atoms with Crippen molar-refractivity contribution < 1.29 is 9.84 Å². The Hall–Kier alpha value is -1.02. The molecule has 2 heteroatoms. The second kappa shape index (κ2) is 5.31. The molecule has 0 saturated carbocycles. The summed E-state index contributed by atoms with van der Waals surface area (Å²) in [7, 11) is 0. The van der Waals surface area contributed by atoms with Gasteiger partial charge in [-0.15, -0.1) is 0 Å². The number of phenolic OH excluding ortho intramolecular Hbond substituents is 1. The summed E-state index contributed by atoms with van der Waals surface area (Å²) in [4.78, 5) is 0. The maximum absolute atomic E-state index is 10.1. The Kier molecular flexibility index (Phi) is 3.96. The molecular weight excluding hydrogens is 224 g/mol. The first-order chi connectivity index (χ1) is 8.54. The molecule has 0 radical (unpaired) electrons. The lowest BCUT2D eigenvalue weighted by Gasteiger charge is -2.31. The maximum atomic E-state index is 10.1. The van der Waals surface area contributed by atoms with Crippen LogP contribution in [0.1, 0.15) is 48.9 Å². The fourth-order valence-electron chi connectivity index (χ4n) is 3.00. The number of hydrogen-bond donors (Lipinski definition) is 1. The van der Waals surface area contributed by atoms with E-state index in [4.69, 9.17) is 4.74 Å². The Morgan fingerprint density at radius 2 is 2.06 bits per heavy atom. The van der Waals surface area contributed by atoms with Gasteiger partial charge in [0.25, 0.3) is 0 Å². The van der Waals surface area contributed by atoms with Crippen molar-refractivity contribution in [3.8, 4) is 5.75 Å². The van der Waals surface area contributed by atoms with Crippen molar-refractivity contribution in [3.05, 3.63) is 28.3 Å². The van der Waals surface area contributed by atoms with Crippen molar-refractivity contribution in [2.24, 2.45) is 5.92 Å². The third-order valence-corrected chi connectivity index (χ3v) is 4.16. The first-order valence-electron chi connectivity index (χ1n) is 6.97. The van der Waals surface area contributed by atoms with Crippen LogP contribution in [0.15, 0.2) is 6.07 Å². The van der Waals surface area contributed by atoms with Crippen LogP contribution in [0.2, 0.25) is 0 Å². The van der Waals surface area contributed by atoms with Crippen molar-refractivity contribution in [3.63, 3.8) is 0 Å². The summed E-state index contributed by atoms with van der Waals surface area (Å²) in [5, 5.41) is 10.1. The number of aromatic hydroxyl groups is 1. The van der Waals surface area contributed by atoms with Crippen molar-refractivity contribution >= 4 is 0 Å². The molecule has 0 aliphatic carbocycles. The lowest BCUT2D eigenvalue weighted by molar-refractivity contribution is -0.00857. The van der Waals surface area contributed by atoms with Crippen LogP contribution < -0.4 is 0 Å². The third kappa shape index (κ3) is 2.39. The molecule has 0 amide bonds. The Balaban J connectivity index is 2.27. The van der Waals surface area contributed by atoms with Gasteiger partial charge in [-0.05, 0) is 49.3 Å². The number of hydrogen-bond acceptors (Lipinski definition) is 2. The van der Waals surface area contributed by atoms with Gasteiger partial charge in [-0.3, -0.25) is 0 Å². The average molecular weight is 248 g/mol. The smallest absolute Gasteiger partial charge is 0.124 e. The molecule has 1 aromatic carbocycles. The summed E-state index contributed by atoms with van der Waals surface area (Å²) in [5.74, 6) is 1.02. The van der Waals surface area contributed by atoms with Crippen LogP contribution in [0.5, 0.6) is 5.75 Å². The molecule has 100 valence electrons. The van der Waals surface area contributed by atoms with E-state index in [0.717, 1.165) is 17.5 Å². The molecule has 2 nitrogen and oxygen atoms in total. The SMILES string of the molecule is CCCC(C)C1Cc2c(C)cc(C)c(O)c2CO1. The lowest BCUT2D eigenvalue weighted by Crippen LogP contribution is -2.29. The van der Waals surface area contributed by atoms with Crippen LogP contribution in [-0.2, 0) is 17.8 Å². The predicted octanol–water partition coefficient (Wildman–Crippen LogP) is 3.89. The second-order valence-corrected chi connectivity index (χ2v) is 5.64.